The van der Waals surface area contributed by atoms with Crippen molar-refractivity contribution < 1.29 is 4.74 Å². The predicted molar refractivity (Wildman–Crippen MR) is 136 cm³/mol. The van der Waals surface area contributed by atoms with Crippen LogP contribution in [0.3, 0.4) is 0 Å². The van der Waals surface area contributed by atoms with Crippen LogP contribution in [0.5, 0.6) is 5.75 Å². The second-order valence-corrected chi connectivity index (χ2v) is 7.59. The van der Waals surface area contributed by atoms with Gasteiger partial charge in [0.15, 0.2) is 5.96 Å². The van der Waals surface area contributed by atoms with Gasteiger partial charge in [-0.2, -0.15) is 0 Å². The zero-order valence-corrected chi connectivity index (χ0v) is 20.7. The summed E-state index contributed by atoms with van der Waals surface area (Å²) in [6.07, 6.45) is 1.06. The fourth-order valence-corrected chi connectivity index (χ4v) is 3.84. The maximum atomic E-state index is 5.52. The molecule has 1 heterocycles. The third kappa shape index (κ3) is 6.25. The molecular weight excluding hydrogens is 489 g/mol. The molecule has 6 nitrogen and oxygen atoms in total. The van der Waals surface area contributed by atoms with E-state index in [1.165, 1.54) is 5.56 Å². The molecule has 0 aromatic heterocycles. The minimum Gasteiger partial charge on any atom is -0.495 e. The lowest BCUT2D eigenvalue weighted by Gasteiger charge is -2.27. The van der Waals surface area contributed by atoms with Crippen molar-refractivity contribution in [2.45, 2.75) is 18.5 Å². The summed E-state index contributed by atoms with van der Waals surface area (Å²) < 4.78 is 5.52. The molecule has 1 fully saturated rings. The van der Waals surface area contributed by atoms with E-state index >= 15 is 0 Å². The smallest absolute Gasteiger partial charge is 0.191 e. The van der Waals surface area contributed by atoms with Crippen molar-refractivity contribution >= 4 is 35.6 Å². The third-order valence-corrected chi connectivity index (χ3v) is 5.45. The van der Waals surface area contributed by atoms with Crippen molar-refractivity contribution in [2.24, 2.45) is 4.99 Å². The van der Waals surface area contributed by atoms with E-state index in [0.29, 0.717) is 6.04 Å². The number of para-hydroxylation sites is 2. The number of ether oxygens (including phenoxy) is 1. The molecule has 0 bridgehead atoms. The molecule has 2 aromatic rings. The summed E-state index contributed by atoms with van der Waals surface area (Å²) in [6, 6.07) is 19.4. The summed E-state index contributed by atoms with van der Waals surface area (Å²) in [4.78, 5) is 9.04. The molecule has 30 heavy (non-hydrogen) atoms. The highest BCUT2D eigenvalue weighted by Gasteiger charge is 2.25. The maximum Gasteiger partial charge on any atom is 0.191 e. The van der Waals surface area contributed by atoms with Crippen LogP contribution in [0, 0.1) is 0 Å². The first kappa shape index (κ1) is 24.3. The molecule has 3 rings (SSSR count). The Morgan fingerprint density at radius 2 is 1.87 bits per heavy atom. The molecule has 0 aliphatic carbocycles. The number of halogens is 1. The monoisotopic (exact) mass is 523 g/mol. The molecule has 7 heteroatoms. The summed E-state index contributed by atoms with van der Waals surface area (Å²) >= 11 is 0. The highest BCUT2D eigenvalue weighted by molar-refractivity contribution is 14.0. The van der Waals surface area contributed by atoms with E-state index in [0.717, 1.165) is 43.5 Å². The molecule has 2 unspecified atom stereocenters. The number of hydrogen-bond donors (Lipinski definition) is 2. The van der Waals surface area contributed by atoms with Crippen LogP contribution in [0.2, 0.25) is 0 Å². The van der Waals surface area contributed by atoms with E-state index in [1.54, 1.807) is 7.11 Å². The van der Waals surface area contributed by atoms with Crippen molar-refractivity contribution in [2.75, 3.05) is 52.8 Å². The van der Waals surface area contributed by atoms with E-state index in [4.69, 9.17) is 4.74 Å². The molecular formula is C23H34IN5O. The Bertz CT molecular complexity index is 799. The lowest BCUT2D eigenvalue weighted by Crippen LogP contribution is -2.46. The van der Waals surface area contributed by atoms with Gasteiger partial charge in [-0.1, -0.05) is 42.5 Å². The average molecular weight is 523 g/mol. The Kier molecular flexibility index (Phi) is 9.71. The first-order valence-electron chi connectivity index (χ1n) is 10.2. The topological polar surface area (TPSA) is 52.1 Å². The minimum absolute atomic E-state index is 0. The lowest BCUT2D eigenvalue weighted by atomic mass is 10.1. The number of aliphatic imine (C=N–C) groups is 1. The van der Waals surface area contributed by atoms with Gasteiger partial charge in [-0.25, -0.2) is 0 Å². The minimum atomic E-state index is 0. The van der Waals surface area contributed by atoms with Crippen LogP contribution in [0.15, 0.2) is 59.6 Å². The Morgan fingerprint density at radius 1 is 1.17 bits per heavy atom. The largest absolute Gasteiger partial charge is 0.495 e. The van der Waals surface area contributed by atoms with E-state index in [2.05, 4.69) is 82.0 Å². The zero-order valence-electron chi connectivity index (χ0n) is 18.3. The Hall–Kier alpha value is -2.00. The van der Waals surface area contributed by atoms with Gasteiger partial charge in [-0.05, 0) is 38.2 Å². The van der Waals surface area contributed by atoms with Crippen LogP contribution in [-0.2, 0) is 0 Å². The van der Waals surface area contributed by atoms with Gasteiger partial charge in [0.1, 0.15) is 5.75 Å². The molecule has 0 radical (unpaired) electrons. The van der Waals surface area contributed by atoms with Gasteiger partial charge >= 0.3 is 0 Å². The fourth-order valence-electron chi connectivity index (χ4n) is 3.84. The number of hydrogen-bond acceptors (Lipinski definition) is 4. The number of nitrogens with one attached hydrogen (secondary N) is 2. The van der Waals surface area contributed by atoms with Crippen LogP contribution in [0.1, 0.15) is 18.0 Å². The highest BCUT2D eigenvalue weighted by atomic mass is 127. The van der Waals surface area contributed by atoms with Crippen molar-refractivity contribution in [3.8, 4) is 5.75 Å². The van der Waals surface area contributed by atoms with Crippen molar-refractivity contribution in [3.05, 3.63) is 60.2 Å². The number of rotatable bonds is 7. The Labute approximate surface area is 197 Å². The Morgan fingerprint density at radius 3 is 2.53 bits per heavy atom. The predicted octanol–water partition coefficient (Wildman–Crippen LogP) is 3.36. The van der Waals surface area contributed by atoms with Gasteiger partial charge in [-0.3, -0.25) is 4.99 Å². The van der Waals surface area contributed by atoms with Gasteiger partial charge in [0.05, 0.1) is 18.8 Å². The van der Waals surface area contributed by atoms with Crippen molar-refractivity contribution in [1.82, 2.24) is 15.5 Å². The second kappa shape index (κ2) is 12.0. The molecule has 2 N–H and O–H groups in total. The van der Waals surface area contributed by atoms with E-state index in [-0.39, 0.29) is 30.0 Å². The molecule has 1 saturated heterocycles. The first-order chi connectivity index (χ1) is 14.1. The van der Waals surface area contributed by atoms with Gasteiger partial charge in [0, 0.05) is 32.7 Å². The second-order valence-electron chi connectivity index (χ2n) is 7.59. The Balaban J connectivity index is 0.00000320. The zero-order chi connectivity index (χ0) is 20.6. The first-order valence-corrected chi connectivity index (χ1v) is 10.2. The van der Waals surface area contributed by atoms with Crippen LogP contribution in [0.25, 0.3) is 0 Å². The van der Waals surface area contributed by atoms with E-state index in [9.17, 15) is 0 Å². The molecule has 0 saturated carbocycles. The molecule has 164 valence electrons. The standard InChI is InChI=1S/C23H33N5O.HI/c1-24-23(25-16-21(27(2)3)18-10-6-5-7-11-18)26-19-14-15-28(17-19)20-12-8-9-13-22(20)29-4;/h5-13,19,21H,14-17H2,1-4H3,(H2,24,25,26);1H. The van der Waals surface area contributed by atoms with Gasteiger partial charge in [0.2, 0.25) is 0 Å². The number of likely N-dealkylation sites (N-methyl/N-ethyl adjacent to an activating group) is 1. The molecule has 1 aliphatic heterocycles. The number of guanidine groups is 1. The SMILES string of the molecule is CN=C(NCC(c1ccccc1)N(C)C)NC1CCN(c2ccccc2OC)C1.I. The van der Waals surface area contributed by atoms with Crippen molar-refractivity contribution in [3.63, 3.8) is 0 Å². The quantitative estimate of drug-likeness (QED) is 0.331. The van der Waals surface area contributed by atoms with Crippen LogP contribution in [-0.4, -0.2) is 64.8 Å². The summed E-state index contributed by atoms with van der Waals surface area (Å²) in [5, 5.41) is 7.09. The summed E-state index contributed by atoms with van der Waals surface area (Å²) in [6.45, 7) is 2.72. The van der Waals surface area contributed by atoms with Gasteiger partial charge in [-0.15, -0.1) is 24.0 Å². The highest BCUT2D eigenvalue weighted by Crippen LogP contribution is 2.30. The fraction of sp³-hybridized carbons (Fsp3) is 0.435. The normalized spacial score (nSPS) is 17.4. The molecule has 1 aliphatic rings. The summed E-state index contributed by atoms with van der Waals surface area (Å²) in [5.41, 5.74) is 2.45. The van der Waals surface area contributed by atoms with Crippen LogP contribution >= 0.6 is 24.0 Å². The van der Waals surface area contributed by atoms with Gasteiger partial charge < -0.3 is 25.2 Å². The third-order valence-electron chi connectivity index (χ3n) is 5.45. The van der Waals surface area contributed by atoms with Gasteiger partial charge in [0.25, 0.3) is 0 Å². The summed E-state index contributed by atoms with van der Waals surface area (Å²) in [5.74, 6) is 1.77. The number of benzene rings is 2. The molecule has 0 spiro atoms. The van der Waals surface area contributed by atoms with Crippen LogP contribution in [0.4, 0.5) is 5.69 Å². The lowest BCUT2D eigenvalue weighted by molar-refractivity contribution is 0.298. The average Bonchev–Trinajstić information content (AvgIpc) is 3.22. The number of nitrogens with zero attached hydrogens (tertiary/aromatic N) is 3. The molecule has 2 aromatic carbocycles. The summed E-state index contributed by atoms with van der Waals surface area (Å²) in [7, 11) is 7.77. The van der Waals surface area contributed by atoms with Crippen molar-refractivity contribution in [1.29, 1.82) is 0 Å². The number of methoxy groups -OCH3 is 1. The maximum absolute atomic E-state index is 5.52. The van der Waals surface area contributed by atoms with E-state index < -0.39 is 0 Å². The molecule has 2 atom stereocenters. The number of anilines is 1. The van der Waals surface area contributed by atoms with Crippen LogP contribution < -0.4 is 20.3 Å². The van der Waals surface area contributed by atoms with E-state index in [1.807, 2.05) is 19.2 Å². The molecule has 0 amide bonds.